The molecule has 2 rings (SSSR count). The Kier molecular flexibility index (Phi) is 6.25. The van der Waals surface area contributed by atoms with E-state index in [1.165, 1.54) is 43.2 Å². The fourth-order valence-electron chi connectivity index (χ4n) is 3.57. The van der Waals surface area contributed by atoms with Crippen LogP contribution >= 0.6 is 0 Å². The van der Waals surface area contributed by atoms with Crippen molar-refractivity contribution in [2.45, 2.75) is 59.0 Å². The first kappa shape index (κ1) is 16.5. The molecule has 2 heteroatoms. The molecule has 1 aromatic rings. The summed E-state index contributed by atoms with van der Waals surface area (Å²) >= 11 is 0. The van der Waals surface area contributed by atoms with Gasteiger partial charge < -0.3 is 10.0 Å². The number of rotatable bonds is 5. The lowest BCUT2D eigenvalue weighted by atomic mass is 9.96. The lowest BCUT2D eigenvalue weighted by Gasteiger charge is -2.24. The topological polar surface area (TPSA) is 23.5 Å². The highest BCUT2D eigenvalue weighted by Gasteiger charge is 2.20. The predicted octanol–water partition coefficient (Wildman–Crippen LogP) is 4.24. The lowest BCUT2D eigenvalue weighted by molar-refractivity contribution is 0.114. The molecule has 0 aromatic heterocycles. The van der Waals surface area contributed by atoms with Crippen LogP contribution in [0.4, 0.5) is 0 Å². The van der Waals surface area contributed by atoms with Crippen molar-refractivity contribution in [1.29, 1.82) is 0 Å². The second-order valence-corrected chi connectivity index (χ2v) is 6.76. The summed E-state index contributed by atoms with van der Waals surface area (Å²) in [6.45, 7) is 9.54. The molecule has 2 atom stereocenters. The Morgan fingerprint density at radius 1 is 1.24 bits per heavy atom. The zero-order valence-corrected chi connectivity index (χ0v) is 13.9. The van der Waals surface area contributed by atoms with Gasteiger partial charge in [0.15, 0.2) is 0 Å². The first-order valence-electron chi connectivity index (χ1n) is 8.57. The van der Waals surface area contributed by atoms with Gasteiger partial charge in [-0.25, -0.2) is 0 Å². The molecule has 0 aliphatic carbocycles. The van der Waals surface area contributed by atoms with Crippen LogP contribution in [0.2, 0.25) is 0 Å². The third kappa shape index (κ3) is 4.82. The molecule has 1 aliphatic rings. The Morgan fingerprint density at radius 2 is 2.05 bits per heavy atom. The summed E-state index contributed by atoms with van der Waals surface area (Å²) in [5.74, 6) is 0.901. The maximum atomic E-state index is 10.6. The van der Waals surface area contributed by atoms with E-state index in [9.17, 15) is 5.11 Å². The van der Waals surface area contributed by atoms with Gasteiger partial charge in [-0.2, -0.15) is 0 Å². The van der Waals surface area contributed by atoms with Crippen LogP contribution in [0.15, 0.2) is 18.2 Å². The second-order valence-electron chi connectivity index (χ2n) is 6.76. The number of benzene rings is 1. The van der Waals surface area contributed by atoms with Gasteiger partial charge in [0.05, 0.1) is 6.10 Å². The Balaban J connectivity index is 1.93. The van der Waals surface area contributed by atoms with E-state index in [-0.39, 0.29) is 6.10 Å². The lowest BCUT2D eigenvalue weighted by Crippen LogP contribution is -2.30. The Labute approximate surface area is 130 Å². The van der Waals surface area contributed by atoms with E-state index < -0.39 is 0 Å². The molecule has 0 spiro atoms. The van der Waals surface area contributed by atoms with Crippen LogP contribution in [0.3, 0.4) is 0 Å². The van der Waals surface area contributed by atoms with Crippen LogP contribution in [0, 0.1) is 19.8 Å². The maximum absolute atomic E-state index is 10.6. The summed E-state index contributed by atoms with van der Waals surface area (Å²) in [7, 11) is 0. The first-order valence-corrected chi connectivity index (χ1v) is 8.57. The summed E-state index contributed by atoms with van der Waals surface area (Å²) in [5.41, 5.74) is 3.53. The minimum atomic E-state index is -0.354. The smallest absolute Gasteiger partial charge is 0.0919 e. The zero-order chi connectivity index (χ0) is 15.2. The molecule has 1 aromatic carbocycles. The highest BCUT2D eigenvalue weighted by Crippen LogP contribution is 2.25. The van der Waals surface area contributed by atoms with Gasteiger partial charge in [-0.3, -0.25) is 0 Å². The molecule has 1 N–H and O–H groups in total. The summed E-state index contributed by atoms with van der Waals surface area (Å²) in [4.78, 5) is 2.46. The Bertz CT molecular complexity index is 443. The average Bonchev–Trinajstić information content (AvgIpc) is 2.67. The quantitative estimate of drug-likeness (QED) is 0.876. The van der Waals surface area contributed by atoms with Crippen LogP contribution in [-0.2, 0) is 0 Å². The van der Waals surface area contributed by atoms with Gasteiger partial charge >= 0.3 is 0 Å². The van der Waals surface area contributed by atoms with Gasteiger partial charge in [0.25, 0.3) is 0 Å². The number of aryl methyl sites for hydroxylation is 2. The number of aliphatic hydroxyl groups is 1. The van der Waals surface area contributed by atoms with E-state index in [4.69, 9.17) is 0 Å². The third-order valence-electron chi connectivity index (χ3n) is 4.86. The van der Waals surface area contributed by atoms with E-state index in [2.05, 4.69) is 43.9 Å². The van der Waals surface area contributed by atoms with E-state index in [1.807, 2.05) is 0 Å². The van der Waals surface area contributed by atoms with Crippen molar-refractivity contribution in [3.05, 3.63) is 34.9 Å². The summed E-state index contributed by atoms with van der Waals surface area (Å²) in [6, 6.07) is 6.37. The summed E-state index contributed by atoms with van der Waals surface area (Å²) < 4.78 is 0. The maximum Gasteiger partial charge on any atom is 0.0919 e. The van der Waals surface area contributed by atoms with E-state index in [0.717, 1.165) is 31.1 Å². The number of hydrogen-bond acceptors (Lipinski definition) is 2. The molecular formula is C19H31NO. The van der Waals surface area contributed by atoms with Crippen LogP contribution in [-0.4, -0.2) is 29.6 Å². The fraction of sp³-hybridized carbons (Fsp3) is 0.684. The summed E-state index contributed by atoms with van der Waals surface area (Å²) in [5, 5.41) is 10.6. The monoisotopic (exact) mass is 289 g/mol. The van der Waals surface area contributed by atoms with Crippen LogP contribution in [0.5, 0.6) is 0 Å². The highest BCUT2D eigenvalue weighted by atomic mass is 16.3. The van der Waals surface area contributed by atoms with Crippen LogP contribution in [0.1, 0.15) is 61.8 Å². The molecule has 21 heavy (non-hydrogen) atoms. The number of nitrogens with zero attached hydrogens (tertiary/aromatic N) is 1. The van der Waals surface area contributed by atoms with Crippen molar-refractivity contribution in [2.24, 2.45) is 5.92 Å². The van der Waals surface area contributed by atoms with E-state index in [0.29, 0.717) is 0 Å². The van der Waals surface area contributed by atoms with Gasteiger partial charge in [0.2, 0.25) is 0 Å². The van der Waals surface area contributed by atoms with E-state index >= 15 is 0 Å². The molecule has 2 nitrogen and oxygen atoms in total. The third-order valence-corrected chi connectivity index (χ3v) is 4.86. The fourth-order valence-corrected chi connectivity index (χ4v) is 3.57. The number of likely N-dealkylation sites (tertiary alicyclic amines) is 1. The predicted molar refractivity (Wildman–Crippen MR) is 89.6 cm³/mol. The molecule has 0 radical (unpaired) electrons. The molecule has 1 saturated heterocycles. The molecule has 1 fully saturated rings. The molecule has 0 amide bonds. The summed E-state index contributed by atoms with van der Waals surface area (Å²) in [6.07, 6.45) is 6.26. The standard InChI is InChI=1S/C19H31NO/c1-4-6-17-7-5-11-20(12-10-17)14-19(21)18-13-15(2)8-9-16(18)3/h8-9,13,17,19,21H,4-7,10-12,14H2,1-3H3. The Morgan fingerprint density at radius 3 is 2.81 bits per heavy atom. The number of hydrogen-bond donors (Lipinski definition) is 1. The molecule has 0 saturated carbocycles. The number of aliphatic hydroxyl groups excluding tert-OH is 1. The first-order chi connectivity index (χ1) is 10.1. The molecule has 0 bridgehead atoms. The largest absolute Gasteiger partial charge is 0.387 e. The Hall–Kier alpha value is -0.860. The van der Waals surface area contributed by atoms with Gasteiger partial charge in [0, 0.05) is 6.54 Å². The second kappa shape index (κ2) is 7.95. The highest BCUT2D eigenvalue weighted by molar-refractivity contribution is 5.32. The van der Waals surface area contributed by atoms with Crippen LogP contribution in [0.25, 0.3) is 0 Å². The molecule has 118 valence electrons. The molecule has 1 heterocycles. The van der Waals surface area contributed by atoms with E-state index in [1.54, 1.807) is 0 Å². The molecule has 2 unspecified atom stereocenters. The van der Waals surface area contributed by atoms with Gasteiger partial charge in [-0.1, -0.05) is 43.5 Å². The normalized spacial score (nSPS) is 22.0. The SMILES string of the molecule is CCCC1CCCN(CC(O)c2cc(C)ccc2C)CC1. The van der Waals surface area contributed by atoms with Crippen molar-refractivity contribution in [1.82, 2.24) is 4.90 Å². The van der Waals surface area contributed by atoms with Crippen molar-refractivity contribution in [2.75, 3.05) is 19.6 Å². The van der Waals surface area contributed by atoms with Crippen LogP contribution < -0.4 is 0 Å². The van der Waals surface area contributed by atoms with Crippen molar-refractivity contribution in [3.8, 4) is 0 Å². The van der Waals surface area contributed by atoms with Gasteiger partial charge in [-0.05, 0) is 63.2 Å². The average molecular weight is 289 g/mol. The van der Waals surface area contributed by atoms with Crippen molar-refractivity contribution < 1.29 is 5.11 Å². The van der Waals surface area contributed by atoms with Crippen molar-refractivity contribution >= 4 is 0 Å². The minimum Gasteiger partial charge on any atom is -0.387 e. The van der Waals surface area contributed by atoms with Gasteiger partial charge in [0.1, 0.15) is 0 Å². The number of β-amino-alcohol motifs (C(OH)–C–C–N with tert-alkyl or cyclic N) is 1. The van der Waals surface area contributed by atoms with Gasteiger partial charge in [-0.15, -0.1) is 0 Å². The zero-order valence-electron chi connectivity index (χ0n) is 13.9. The molecular weight excluding hydrogens is 258 g/mol. The minimum absolute atomic E-state index is 0.354. The van der Waals surface area contributed by atoms with Crippen molar-refractivity contribution in [3.63, 3.8) is 0 Å². The molecule has 1 aliphatic heterocycles.